The summed E-state index contributed by atoms with van der Waals surface area (Å²) >= 11 is 0. The molecule has 4 atom stereocenters. The van der Waals surface area contributed by atoms with Crippen molar-refractivity contribution in [2.24, 2.45) is 11.8 Å². The minimum atomic E-state index is -0.376. The molecule has 1 heterocycles. The number of aliphatic hydroxyl groups excluding tert-OH is 1. The molecule has 1 aliphatic rings. The minimum absolute atomic E-state index is 0.125. The second-order valence-electron chi connectivity index (χ2n) is 7.28. The van der Waals surface area contributed by atoms with Crippen LogP contribution in [0.5, 0.6) is 0 Å². The second kappa shape index (κ2) is 9.80. The van der Waals surface area contributed by atoms with E-state index in [1.165, 1.54) is 18.4 Å². The molecule has 1 saturated heterocycles. The molecule has 134 valence electrons. The Labute approximate surface area is 146 Å². The molecule has 1 amide bonds. The number of carbonyl (C=O) groups is 1. The van der Waals surface area contributed by atoms with E-state index in [2.05, 4.69) is 29.7 Å². The predicted molar refractivity (Wildman–Crippen MR) is 97.9 cm³/mol. The molecule has 1 fully saturated rings. The van der Waals surface area contributed by atoms with Crippen molar-refractivity contribution in [1.82, 2.24) is 10.6 Å². The Kier molecular flexibility index (Phi) is 7.73. The Bertz CT molecular complexity index is 484. The van der Waals surface area contributed by atoms with Gasteiger partial charge >= 0.3 is 0 Å². The summed E-state index contributed by atoms with van der Waals surface area (Å²) < 4.78 is 0. The van der Waals surface area contributed by atoms with Crippen molar-refractivity contribution in [2.45, 2.75) is 51.6 Å². The van der Waals surface area contributed by atoms with Gasteiger partial charge in [0.05, 0.1) is 6.10 Å². The molecule has 0 bridgehead atoms. The monoisotopic (exact) mass is 332 g/mol. The number of carbonyl (C=O) groups excluding carboxylic acids is 1. The highest BCUT2D eigenvalue weighted by Gasteiger charge is 2.22. The molecule has 1 aromatic carbocycles. The van der Waals surface area contributed by atoms with Crippen molar-refractivity contribution in [1.29, 1.82) is 0 Å². The number of rotatable bonds is 8. The van der Waals surface area contributed by atoms with Gasteiger partial charge in [-0.05, 0) is 56.7 Å². The fourth-order valence-corrected chi connectivity index (χ4v) is 3.61. The highest BCUT2D eigenvalue weighted by atomic mass is 16.3. The van der Waals surface area contributed by atoms with E-state index in [1.807, 2.05) is 18.2 Å². The van der Waals surface area contributed by atoms with Crippen LogP contribution in [0.15, 0.2) is 30.3 Å². The largest absolute Gasteiger partial charge is 0.393 e. The third-order valence-electron chi connectivity index (χ3n) is 5.09. The zero-order valence-corrected chi connectivity index (χ0v) is 15.0. The highest BCUT2D eigenvalue weighted by molar-refractivity contribution is 5.76. The van der Waals surface area contributed by atoms with Crippen molar-refractivity contribution in [3.05, 3.63) is 35.9 Å². The summed E-state index contributed by atoms with van der Waals surface area (Å²) in [6, 6.07) is 10.1. The minimum Gasteiger partial charge on any atom is -0.393 e. The Morgan fingerprint density at radius 3 is 2.71 bits per heavy atom. The van der Waals surface area contributed by atoms with Crippen molar-refractivity contribution in [3.8, 4) is 0 Å². The Morgan fingerprint density at radius 1 is 1.33 bits per heavy atom. The number of nitrogens with one attached hydrogen (secondary N) is 2. The van der Waals surface area contributed by atoms with E-state index in [1.54, 1.807) is 6.92 Å². The smallest absolute Gasteiger partial charge is 0.220 e. The number of hydrogen-bond donors (Lipinski definition) is 3. The highest BCUT2D eigenvalue weighted by Crippen LogP contribution is 2.23. The number of benzene rings is 1. The molecule has 1 aliphatic heterocycles. The van der Waals surface area contributed by atoms with Crippen LogP contribution in [0.2, 0.25) is 0 Å². The van der Waals surface area contributed by atoms with Crippen LogP contribution in [0, 0.1) is 11.8 Å². The summed E-state index contributed by atoms with van der Waals surface area (Å²) in [6.45, 7) is 6.71. The van der Waals surface area contributed by atoms with E-state index in [-0.39, 0.29) is 17.9 Å². The molecule has 0 aromatic heterocycles. The van der Waals surface area contributed by atoms with Gasteiger partial charge in [0.2, 0.25) is 5.91 Å². The standard InChI is InChI=1S/C20H32N2O2/c1-15(18-9-6-10-21-13-18)11-20(24)22-14-19(12-16(2)23)17-7-4-3-5-8-17/h3-5,7-8,15-16,18-19,21,23H,6,9-14H2,1-2H3,(H,22,24). The molecule has 3 N–H and O–H groups in total. The topological polar surface area (TPSA) is 61.4 Å². The molecule has 0 aliphatic carbocycles. The van der Waals surface area contributed by atoms with E-state index >= 15 is 0 Å². The third kappa shape index (κ3) is 6.25. The van der Waals surface area contributed by atoms with Gasteiger partial charge in [-0.1, -0.05) is 37.3 Å². The molecule has 4 nitrogen and oxygen atoms in total. The SMILES string of the molecule is CC(O)CC(CNC(=O)CC(C)C1CCCNC1)c1ccccc1. The van der Waals surface area contributed by atoms with E-state index in [9.17, 15) is 9.90 Å². The van der Waals surface area contributed by atoms with Gasteiger partial charge in [-0.3, -0.25) is 4.79 Å². The maximum atomic E-state index is 12.3. The number of hydrogen-bond acceptors (Lipinski definition) is 3. The summed E-state index contributed by atoms with van der Waals surface area (Å²) in [7, 11) is 0. The fourth-order valence-electron chi connectivity index (χ4n) is 3.61. The molecule has 1 aromatic rings. The average molecular weight is 332 g/mol. The van der Waals surface area contributed by atoms with Crippen LogP contribution in [0.25, 0.3) is 0 Å². The molecule has 24 heavy (non-hydrogen) atoms. The van der Waals surface area contributed by atoms with Gasteiger partial charge in [-0.15, -0.1) is 0 Å². The van der Waals surface area contributed by atoms with Crippen molar-refractivity contribution in [3.63, 3.8) is 0 Å². The van der Waals surface area contributed by atoms with Gasteiger partial charge < -0.3 is 15.7 Å². The predicted octanol–water partition coefficient (Wildman–Crippen LogP) is 2.68. The van der Waals surface area contributed by atoms with Crippen molar-refractivity contribution >= 4 is 5.91 Å². The molecule has 0 spiro atoms. The van der Waals surface area contributed by atoms with Crippen LogP contribution in [0.1, 0.15) is 51.0 Å². The van der Waals surface area contributed by atoms with Gasteiger partial charge in [-0.2, -0.15) is 0 Å². The Morgan fingerprint density at radius 2 is 2.08 bits per heavy atom. The molecular weight excluding hydrogens is 300 g/mol. The first-order valence-electron chi connectivity index (χ1n) is 9.26. The summed E-state index contributed by atoms with van der Waals surface area (Å²) in [4.78, 5) is 12.3. The molecule has 0 radical (unpaired) electrons. The average Bonchev–Trinajstić information content (AvgIpc) is 2.59. The Balaban J connectivity index is 1.83. The van der Waals surface area contributed by atoms with E-state index in [4.69, 9.17) is 0 Å². The zero-order chi connectivity index (χ0) is 17.4. The summed E-state index contributed by atoms with van der Waals surface area (Å²) in [5, 5.41) is 16.3. The van der Waals surface area contributed by atoms with Crippen molar-refractivity contribution in [2.75, 3.05) is 19.6 Å². The maximum absolute atomic E-state index is 12.3. The normalized spacial score (nSPS) is 21.7. The number of amides is 1. The van der Waals surface area contributed by atoms with E-state index < -0.39 is 0 Å². The van der Waals surface area contributed by atoms with E-state index in [0.29, 0.717) is 31.2 Å². The zero-order valence-electron chi connectivity index (χ0n) is 15.0. The summed E-state index contributed by atoms with van der Waals surface area (Å²) in [5.74, 6) is 1.29. The molecule has 2 rings (SSSR count). The lowest BCUT2D eigenvalue weighted by molar-refractivity contribution is -0.122. The maximum Gasteiger partial charge on any atom is 0.220 e. The molecular formula is C20H32N2O2. The molecule has 4 heteroatoms. The number of aliphatic hydroxyl groups is 1. The van der Waals surface area contributed by atoms with Crippen LogP contribution in [0.4, 0.5) is 0 Å². The molecule has 0 saturated carbocycles. The van der Waals surface area contributed by atoms with Gasteiger partial charge in [0.15, 0.2) is 0 Å². The van der Waals surface area contributed by atoms with E-state index in [0.717, 1.165) is 13.1 Å². The molecule has 4 unspecified atom stereocenters. The van der Waals surface area contributed by atoms with Gasteiger partial charge in [0, 0.05) is 18.9 Å². The van der Waals surface area contributed by atoms with Crippen LogP contribution in [-0.4, -0.2) is 36.8 Å². The quantitative estimate of drug-likeness (QED) is 0.686. The van der Waals surface area contributed by atoms with Crippen LogP contribution >= 0.6 is 0 Å². The van der Waals surface area contributed by atoms with Crippen LogP contribution in [-0.2, 0) is 4.79 Å². The van der Waals surface area contributed by atoms with Crippen LogP contribution in [0.3, 0.4) is 0 Å². The van der Waals surface area contributed by atoms with Crippen molar-refractivity contribution < 1.29 is 9.90 Å². The lowest BCUT2D eigenvalue weighted by Gasteiger charge is -2.28. The first-order valence-corrected chi connectivity index (χ1v) is 9.26. The summed E-state index contributed by atoms with van der Waals surface area (Å²) in [5.41, 5.74) is 1.17. The Hall–Kier alpha value is -1.39. The fraction of sp³-hybridized carbons (Fsp3) is 0.650. The van der Waals surface area contributed by atoms with Crippen LogP contribution < -0.4 is 10.6 Å². The first kappa shape index (κ1) is 18.9. The number of piperidine rings is 1. The summed E-state index contributed by atoms with van der Waals surface area (Å²) in [6.07, 6.45) is 3.30. The first-order chi connectivity index (χ1) is 11.6. The lowest BCUT2D eigenvalue weighted by atomic mass is 9.85. The van der Waals surface area contributed by atoms with Gasteiger partial charge in [0.25, 0.3) is 0 Å². The van der Waals surface area contributed by atoms with Gasteiger partial charge in [-0.25, -0.2) is 0 Å². The second-order valence-corrected chi connectivity index (χ2v) is 7.28. The van der Waals surface area contributed by atoms with Gasteiger partial charge in [0.1, 0.15) is 0 Å². The third-order valence-corrected chi connectivity index (χ3v) is 5.09. The lowest BCUT2D eigenvalue weighted by Crippen LogP contribution is -2.36.